The third-order valence-corrected chi connectivity index (χ3v) is 3.83. The first kappa shape index (κ1) is 12.6. The van der Waals surface area contributed by atoms with Crippen molar-refractivity contribution in [3.05, 3.63) is 71.8 Å². The van der Waals surface area contributed by atoms with E-state index in [0.717, 1.165) is 6.42 Å². The molecular formula is C15H16S2. The van der Waals surface area contributed by atoms with Crippen LogP contribution in [0.4, 0.5) is 0 Å². The van der Waals surface area contributed by atoms with Gasteiger partial charge >= 0.3 is 0 Å². The first-order chi connectivity index (χ1) is 8.27. The van der Waals surface area contributed by atoms with Gasteiger partial charge in [0.1, 0.15) is 0 Å². The molecule has 2 unspecified atom stereocenters. The maximum atomic E-state index is 4.66. The van der Waals surface area contributed by atoms with Crippen LogP contribution in [0.2, 0.25) is 0 Å². The molecule has 0 spiro atoms. The van der Waals surface area contributed by atoms with E-state index in [1.54, 1.807) is 0 Å². The molecule has 0 saturated carbocycles. The summed E-state index contributed by atoms with van der Waals surface area (Å²) in [6, 6.07) is 20.7. The molecule has 0 N–H and O–H groups in total. The van der Waals surface area contributed by atoms with Crippen LogP contribution in [0.15, 0.2) is 60.7 Å². The highest BCUT2D eigenvalue weighted by atomic mass is 32.1. The van der Waals surface area contributed by atoms with Gasteiger partial charge in [0.15, 0.2) is 0 Å². The molecule has 0 aliphatic heterocycles. The van der Waals surface area contributed by atoms with E-state index in [1.807, 2.05) is 12.1 Å². The van der Waals surface area contributed by atoms with Crippen LogP contribution in [-0.2, 0) is 0 Å². The predicted molar refractivity (Wildman–Crippen MR) is 81.0 cm³/mol. The minimum absolute atomic E-state index is 0.235. The summed E-state index contributed by atoms with van der Waals surface area (Å²) in [6.07, 6.45) is 0.931. The molecule has 0 aliphatic rings. The Morgan fingerprint density at radius 3 is 1.35 bits per heavy atom. The summed E-state index contributed by atoms with van der Waals surface area (Å²) in [4.78, 5) is 0. The fraction of sp³-hybridized carbons (Fsp3) is 0.200. The minimum atomic E-state index is 0.235. The summed E-state index contributed by atoms with van der Waals surface area (Å²) in [6.45, 7) is 0. The van der Waals surface area contributed by atoms with Crippen LogP contribution in [0.3, 0.4) is 0 Å². The fourth-order valence-corrected chi connectivity index (χ4v) is 2.77. The molecular weight excluding hydrogens is 244 g/mol. The lowest BCUT2D eigenvalue weighted by molar-refractivity contribution is 0.794. The van der Waals surface area contributed by atoms with Gasteiger partial charge in [-0.3, -0.25) is 0 Å². The molecule has 0 aromatic heterocycles. The van der Waals surface area contributed by atoms with Gasteiger partial charge in [-0.1, -0.05) is 60.7 Å². The maximum absolute atomic E-state index is 4.66. The standard InChI is InChI=1S/C15H16S2/c16-14(12-7-3-1-4-8-12)11-15(17)13-9-5-2-6-10-13/h1-10,14-17H,11H2. The lowest BCUT2D eigenvalue weighted by atomic mass is 10.0. The van der Waals surface area contributed by atoms with E-state index in [1.165, 1.54) is 11.1 Å². The zero-order valence-electron chi connectivity index (χ0n) is 9.53. The van der Waals surface area contributed by atoms with Crippen molar-refractivity contribution in [1.82, 2.24) is 0 Å². The van der Waals surface area contributed by atoms with Gasteiger partial charge in [0.2, 0.25) is 0 Å². The highest BCUT2D eigenvalue weighted by molar-refractivity contribution is 7.81. The summed E-state index contributed by atoms with van der Waals surface area (Å²) in [5, 5.41) is 0.470. The van der Waals surface area contributed by atoms with Crippen molar-refractivity contribution >= 4 is 25.3 Å². The van der Waals surface area contributed by atoms with Crippen LogP contribution in [0.1, 0.15) is 28.0 Å². The lowest BCUT2D eigenvalue weighted by Gasteiger charge is -2.16. The number of hydrogen-bond acceptors (Lipinski definition) is 2. The summed E-state index contributed by atoms with van der Waals surface area (Å²) in [5.41, 5.74) is 2.51. The number of benzene rings is 2. The summed E-state index contributed by atoms with van der Waals surface area (Å²) in [5.74, 6) is 0. The van der Waals surface area contributed by atoms with Crippen LogP contribution >= 0.6 is 25.3 Å². The molecule has 0 bridgehead atoms. The van der Waals surface area contributed by atoms with E-state index in [0.29, 0.717) is 0 Å². The summed E-state index contributed by atoms with van der Waals surface area (Å²) in [7, 11) is 0. The Morgan fingerprint density at radius 2 is 1.00 bits per heavy atom. The molecule has 0 heterocycles. The molecule has 0 radical (unpaired) electrons. The number of hydrogen-bond donors (Lipinski definition) is 2. The highest BCUT2D eigenvalue weighted by Gasteiger charge is 2.13. The Balaban J connectivity index is 2.02. The maximum Gasteiger partial charge on any atom is 0.0280 e. The zero-order valence-corrected chi connectivity index (χ0v) is 11.3. The van der Waals surface area contributed by atoms with E-state index >= 15 is 0 Å². The van der Waals surface area contributed by atoms with Crippen LogP contribution < -0.4 is 0 Å². The molecule has 88 valence electrons. The second-order valence-electron chi connectivity index (χ2n) is 4.09. The van der Waals surface area contributed by atoms with Gasteiger partial charge in [-0.2, -0.15) is 25.3 Å². The lowest BCUT2D eigenvalue weighted by Crippen LogP contribution is -1.97. The fourth-order valence-electron chi connectivity index (χ4n) is 1.83. The molecule has 2 heteroatoms. The molecule has 0 fully saturated rings. The topological polar surface area (TPSA) is 0 Å². The van der Waals surface area contributed by atoms with E-state index in [4.69, 9.17) is 0 Å². The van der Waals surface area contributed by atoms with Gasteiger partial charge < -0.3 is 0 Å². The van der Waals surface area contributed by atoms with Crippen LogP contribution in [0.5, 0.6) is 0 Å². The van der Waals surface area contributed by atoms with Crippen LogP contribution in [0, 0.1) is 0 Å². The SMILES string of the molecule is SC(CC(S)c1ccccc1)c1ccccc1. The smallest absolute Gasteiger partial charge is 0.0280 e. The number of thiol groups is 2. The van der Waals surface area contributed by atoms with Gasteiger partial charge in [0.05, 0.1) is 0 Å². The Labute approximate surface area is 114 Å². The average molecular weight is 260 g/mol. The van der Waals surface area contributed by atoms with E-state index in [-0.39, 0.29) is 10.5 Å². The molecule has 2 atom stereocenters. The molecule has 0 aliphatic carbocycles. The van der Waals surface area contributed by atoms with Gasteiger partial charge in [0, 0.05) is 10.5 Å². The first-order valence-corrected chi connectivity index (χ1v) is 6.76. The van der Waals surface area contributed by atoms with Crippen LogP contribution in [0.25, 0.3) is 0 Å². The molecule has 2 aromatic carbocycles. The Morgan fingerprint density at radius 1 is 0.647 bits per heavy atom. The van der Waals surface area contributed by atoms with Crippen LogP contribution in [-0.4, -0.2) is 0 Å². The molecule has 17 heavy (non-hydrogen) atoms. The second kappa shape index (κ2) is 6.18. The van der Waals surface area contributed by atoms with Crippen molar-refractivity contribution in [3.63, 3.8) is 0 Å². The zero-order chi connectivity index (χ0) is 12.1. The van der Waals surface area contributed by atoms with Crippen molar-refractivity contribution in [2.75, 3.05) is 0 Å². The van der Waals surface area contributed by atoms with E-state index in [9.17, 15) is 0 Å². The van der Waals surface area contributed by atoms with Gasteiger partial charge in [-0.05, 0) is 17.5 Å². The molecule has 0 saturated heterocycles. The van der Waals surface area contributed by atoms with Gasteiger partial charge in [-0.25, -0.2) is 0 Å². The van der Waals surface area contributed by atoms with Gasteiger partial charge in [-0.15, -0.1) is 0 Å². The van der Waals surface area contributed by atoms with E-state index in [2.05, 4.69) is 73.8 Å². The summed E-state index contributed by atoms with van der Waals surface area (Å²) < 4.78 is 0. The largest absolute Gasteiger partial charge is 0.171 e. The highest BCUT2D eigenvalue weighted by Crippen LogP contribution is 2.34. The second-order valence-corrected chi connectivity index (χ2v) is 5.34. The molecule has 0 nitrogen and oxygen atoms in total. The van der Waals surface area contributed by atoms with Crippen molar-refractivity contribution in [2.45, 2.75) is 16.9 Å². The normalized spacial score (nSPS) is 14.2. The molecule has 2 aromatic rings. The molecule has 0 amide bonds. The van der Waals surface area contributed by atoms with Crippen molar-refractivity contribution in [2.24, 2.45) is 0 Å². The van der Waals surface area contributed by atoms with Crippen molar-refractivity contribution < 1.29 is 0 Å². The summed E-state index contributed by atoms with van der Waals surface area (Å²) >= 11 is 9.32. The first-order valence-electron chi connectivity index (χ1n) is 5.73. The van der Waals surface area contributed by atoms with Crippen molar-refractivity contribution in [3.8, 4) is 0 Å². The van der Waals surface area contributed by atoms with Crippen molar-refractivity contribution in [1.29, 1.82) is 0 Å². The minimum Gasteiger partial charge on any atom is -0.171 e. The molecule has 2 rings (SSSR count). The Bertz CT molecular complexity index is 395. The predicted octanol–water partition coefficient (Wildman–Crippen LogP) is 4.72. The third-order valence-electron chi connectivity index (χ3n) is 2.82. The monoisotopic (exact) mass is 260 g/mol. The third kappa shape index (κ3) is 3.55. The average Bonchev–Trinajstić information content (AvgIpc) is 2.40. The van der Waals surface area contributed by atoms with Gasteiger partial charge in [0.25, 0.3) is 0 Å². The quantitative estimate of drug-likeness (QED) is 0.730. The Hall–Kier alpha value is -0.860. The Kier molecular flexibility index (Phi) is 4.57. The number of rotatable bonds is 4. The van der Waals surface area contributed by atoms with E-state index < -0.39 is 0 Å².